The van der Waals surface area contributed by atoms with E-state index in [1.54, 1.807) is 12.1 Å². The van der Waals surface area contributed by atoms with Crippen LogP contribution in [-0.2, 0) is 19.9 Å². The molecule has 0 saturated carbocycles. The second-order valence-corrected chi connectivity index (χ2v) is 8.12. The number of nitrogens with one attached hydrogen (secondary N) is 1. The van der Waals surface area contributed by atoms with Crippen molar-refractivity contribution in [3.63, 3.8) is 0 Å². The lowest BCUT2D eigenvalue weighted by Crippen LogP contribution is -2.36. The lowest BCUT2D eigenvalue weighted by Gasteiger charge is -2.21. The van der Waals surface area contributed by atoms with E-state index in [-0.39, 0.29) is 30.4 Å². The Kier molecular flexibility index (Phi) is 7.76. The zero-order valence-corrected chi connectivity index (χ0v) is 16.8. The maximum Gasteiger partial charge on any atom is 0.380 e. The summed E-state index contributed by atoms with van der Waals surface area (Å²) in [7, 11) is -4.21. The smallest absolute Gasteiger partial charge is 0.370 e. The van der Waals surface area contributed by atoms with Gasteiger partial charge in [0.15, 0.2) is 5.75 Å². The number of hydrogen-bond acceptors (Lipinski definition) is 6. The highest BCUT2D eigenvalue weighted by atomic mass is 32.2. The Morgan fingerprint density at radius 3 is 1.96 bits per heavy atom. The third-order valence-electron chi connectivity index (χ3n) is 3.90. The maximum atomic E-state index is 12.3. The highest BCUT2D eigenvalue weighted by Crippen LogP contribution is 2.38. The fourth-order valence-electron chi connectivity index (χ4n) is 2.48. The number of nitrogens with two attached hydrogens (primary N) is 3. The number of carbonyl (C=O) groups excluding carboxylic acids is 2. The van der Waals surface area contributed by atoms with Crippen LogP contribution in [-0.4, -0.2) is 26.3 Å². The molecule has 9 nitrogen and oxygen atoms in total. The van der Waals surface area contributed by atoms with Gasteiger partial charge in [-0.25, -0.2) is 0 Å². The Morgan fingerprint density at radius 1 is 1.11 bits per heavy atom. The van der Waals surface area contributed by atoms with Gasteiger partial charge in [0.2, 0.25) is 11.8 Å². The van der Waals surface area contributed by atoms with Gasteiger partial charge in [-0.3, -0.25) is 9.59 Å². The van der Waals surface area contributed by atoms with Crippen molar-refractivity contribution < 1.29 is 22.2 Å². The van der Waals surface area contributed by atoms with E-state index in [2.05, 4.69) is 5.32 Å². The van der Waals surface area contributed by atoms with Crippen molar-refractivity contribution in [1.82, 2.24) is 0 Å². The summed E-state index contributed by atoms with van der Waals surface area (Å²) in [5.41, 5.74) is 12.5. The molecule has 0 aliphatic heterocycles. The molecule has 7 N–H and O–H groups in total. The molecule has 1 aromatic carbocycles. The van der Waals surface area contributed by atoms with Gasteiger partial charge in [0.05, 0.1) is 6.04 Å². The molecule has 0 aliphatic carbocycles. The second kappa shape index (κ2) is 9.16. The summed E-state index contributed by atoms with van der Waals surface area (Å²) in [4.78, 5) is 23.1. The van der Waals surface area contributed by atoms with E-state index >= 15 is 0 Å². The summed E-state index contributed by atoms with van der Waals surface area (Å²) in [6.45, 7) is 7.44. The molecule has 0 spiro atoms. The minimum Gasteiger partial charge on any atom is -0.370 e. The van der Waals surface area contributed by atoms with E-state index in [0.717, 1.165) is 0 Å². The molecule has 10 heteroatoms. The number of primary amides is 1. The second-order valence-electron chi connectivity index (χ2n) is 6.97. The molecule has 0 bridgehead atoms. The van der Waals surface area contributed by atoms with Crippen molar-refractivity contribution in [2.45, 2.75) is 58.4 Å². The minimum atomic E-state index is -4.21. The van der Waals surface area contributed by atoms with Gasteiger partial charge in [0, 0.05) is 23.2 Å². The van der Waals surface area contributed by atoms with Crippen LogP contribution in [0.3, 0.4) is 0 Å². The monoisotopic (exact) mass is 400 g/mol. The molecular formula is C17H28N4O5S. The molecule has 0 heterocycles. The number of anilines is 1. The molecular weight excluding hydrogens is 372 g/mol. The Morgan fingerprint density at radius 2 is 1.59 bits per heavy atom. The van der Waals surface area contributed by atoms with E-state index in [0.29, 0.717) is 16.8 Å². The first-order valence-electron chi connectivity index (χ1n) is 8.56. The molecule has 1 aromatic rings. The average Bonchev–Trinajstić information content (AvgIpc) is 2.51. The van der Waals surface area contributed by atoms with Crippen molar-refractivity contribution >= 4 is 27.8 Å². The first kappa shape index (κ1) is 22.9. The molecule has 0 fully saturated rings. The Bertz CT molecular complexity index is 777. The molecule has 0 aliphatic rings. The van der Waals surface area contributed by atoms with E-state index in [1.807, 2.05) is 27.7 Å². The molecule has 0 aromatic heterocycles. The zero-order chi connectivity index (χ0) is 20.9. The summed E-state index contributed by atoms with van der Waals surface area (Å²) in [5, 5.41) is 7.74. The fourth-order valence-corrected chi connectivity index (χ4v) is 2.91. The van der Waals surface area contributed by atoms with Crippen LogP contribution in [0.4, 0.5) is 5.69 Å². The van der Waals surface area contributed by atoms with Crippen molar-refractivity contribution in [1.29, 1.82) is 0 Å². The van der Waals surface area contributed by atoms with Gasteiger partial charge >= 0.3 is 10.3 Å². The molecule has 2 amide bonds. The summed E-state index contributed by atoms with van der Waals surface area (Å²) in [6, 6.07) is 2.34. The molecule has 0 saturated heterocycles. The Labute approximate surface area is 159 Å². The van der Waals surface area contributed by atoms with Gasteiger partial charge in [0.25, 0.3) is 0 Å². The van der Waals surface area contributed by atoms with Gasteiger partial charge in [-0.1, -0.05) is 27.7 Å². The number of amides is 2. The molecule has 1 rings (SSSR count). The van der Waals surface area contributed by atoms with Crippen molar-refractivity contribution in [3.8, 4) is 5.75 Å². The quantitative estimate of drug-likeness (QED) is 0.483. The van der Waals surface area contributed by atoms with Crippen LogP contribution < -0.4 is 26.1 Å². The number of hydrogen-bond donors (Lipinski definition) is 4. The van der Waals surface area contributed by atoms with Crippen molar-refractivity contribution in [3.05, 3.63) is 23.3 Å². The number of carbonyl (C=O) groups is 2. The largest absolute Gasteiger partial charge is 0.380 e. The minimum absolute atomic E-state index is 0.00418. The average molecular weight is 401 g/mol. The van der Waals surface area contributed by atoms with Crippen LogP contribution in [0.1, 0.15) is 63.5 Å². The third kappa shape index (κ3) is 7.16. The van der Waals surface area contributed by atoms with Crippen LogP contribution in [0, 0.1) is 0 Å². The van der Waals surface area contributed by atoms with Crippen LogP contribution in [0.2, 0.25) is 0 Å². The first-order valence-corrected chi connectivity index (χ1v) is 10.0. The fraction of sp³-hybridized carbons (Fsp3) is 0.529. The van der Waals surface area contributed by atoms with E-state index in [1.165, 1.54) is 0 Å². The maximum absolute atomic E-state index is 12.3. The summed E-state index contributed by atoms with van der Waals surface area (Å²) in [5.74, 6) is -1.04. The Balaban J connectivity index is 3.26. The van der Waals surface area contributed by atoms with Gasteiger partial charge in [-0.05, 0) is 30.4 Å². The van der Waals surface area contributed by atoms with Crippen LogP contribution in [0.25, 0.3) is 0 Å². The lowest BCUT2D eigenvalue weighted by molar-refractivity contribution is -0.119. The summed E-state index contributed by atoms with van der Waals surface area (Å²) >= 11 is 0. The van der Waals surface area contributed by atoms with Crippen LogP contribution >= 0.6 is 0 Å². The number of benzene rings is 1. The highest BCUT2D eigenvalue weighted by molar-refractivity contribution is 7.84. The van der Waals surface area contributed by atoms with Crippen molar-refractivity contribution in [2.24, 2.45) is 16.6 Å². The standard InChI is InChI=1S/C17H28N4O5S/c1-9(2)12-7-11(21-17(23)14(18)5-6-15(19)22)8-13(10(3)4)16(12)26-27(20,24)25/h7-10,14H,5-6,18H2,1-4H3,(H2,19,22)(H,21,23)(H2,20,24,25). The van der Waals surface area contributed by atoms with Gasteiger partial charge in [-0.15, -0.1) is 0 Å². The van der Waals surface area contributed by atoms with Crippen LogP contribution in [0.5, 0.6) is 5.75 Å². The predicted octanol–water partition coefficient (Wildman–Crippen LogP) is 1.05. The first-order chi connectivity index (χ1) is 12.3. The van der Waals surface area contributed by atoms with Gasteiger partial charge < -0.3 is 21.0 Å². The highest BCUT2D eigenvalue weighted by Gasteiger charge is 2.22. The molecule has 27 heavy (non-hydrogen) atoms. The Hall–Kier alpha value is -2.17. The van der Waals surface area contributed by atoms with Gasteiger partial charge in [-0.2, -0.15) is 13.6 Å². The van der Waals surface area contributed by atoms with E-state index in [9.17, 15) is 18.0 Å². The molecule has 0 radical (unpaired) electrons. The normalized spacial score (nSPS) is 12.9. The summed E-state index contributed by atoms with van der Waals surface area (Å²) in [6.07, 6.45) is 0.131. The summed E-state index contributed by atoms with van der Waals surface area (Å²) < 4.78 is 27.9. The SMILES string of the molecule is CC(C)c1cc(NC(=O)C(N)CCC(N)=O)cc(C(C)C)c1OS(N)(=O)=O. The lowest BCUT2D eigenvalue weighted by atomic mass is 9.93. The van der Waals surface area contributed by atoms with Crippen molar-refractivity contribution in [2.75, 3.05) is 5.32 Å². The molecule has 152 valence electrons. The topological polar surface area (TPSA) is 168 Å². The zero-order valence-electron chi connectivity index (χ0n) is 16.0. The molecule has 1 atom stereocenters. The van der Waals surface area contributed by atoms with E-state index < -0.39 is 28.2 Å². The predicted molar refractivity (Wildman–Crippen MR) is 103 cm³/mol. The molecule has 1 unspecified atom stereocenters. The van der Waals surface area contributed by atoms with Crippen LogP contribution in [0.15, 0.2) is 12.1 Å². The number of rotatable bonds is 9. The third-order valence-corrected chi connectivity index (χ3v) is 4.29. The van der Waals surface area contributed by atoms with Gasteiger partial charge in [0.1, 0.15) is 0 Å². The van der Waals surface area contributed by atoms with E-state index in [4.69, 9.17) is 20.8 Å².